The highest BCUT2D eigenvalue weighted by Crippen LogP contribution is 2.20. The Hall–Kier alpha value is -1.59. The second-order valence-electron chi connectivity index (χ2n) is 2.02. The number of carboxylic acids is 2. The monoisotopic (exact) mass is 159 g/mol. The van der Waals surface area contributed by atoms with Gasteiger partial charge in [-0.2, -0.15) is 0 Å². The molecule has 2 N–H and O–H groups in total. The SMILES string of the molecule is O=C(O)C1(C(=O)O)CC=NO1. The summed E-state index contributed by atoms with van der Waals surface area (Å²) in [7, 11) is 0. The second kappa shape index (κ2) is 2.22. The summed E-state index contributed by atoms with van der Waals surface area (Å²) in [5.41, 5.74) is -2.19. The van der Waals surface area contributed by atoms with Gasteiger partial charge in [-0.1, -0.05) is 5.16 Å². The minimum atomic E-state index is -2.19. The molecule has 1 aliphatic rings. The van der Waals surface area contributed by atoms with Gasteiger partial charge in [0.05, 0.1) is 6.42 Å². The van der Waals surface area contributed by atoms with Gasteiger partial charge in [0.15, 0.2) is 0 Å². The Morgan fingerprint density at radius 1 is 1.45 bits per heavy atom. The molecule has 6 nitrogen and oxygen atoms in total. The molecule has 0 radical (unpaired) electrons. The van der Waals surface area contributed by atoms with Gasteiger partial charge in [-0.05, 0) is 0 Å². The second-order valence-corrected chi connectivity index (χ2v) is 2.02. The maximum absolute atomic E-state index is 10.4. The summed E-state index contributed by atoms with van der Waals surface area (Å²) >= 11 is 0. The van der Waals surface area contributed by atoms with Gasteiger partial charge in [0, 0.05) is 6.21 Å². The van der Waals surface area contributed by atoms with E-state index in [2.05, 4.69) is 9.99 Å². The molecule has 1 aliphatic heterocycles. The summed E-state index contributed by atoms with van der Waals surface area (Å²) in [6, 6.07) is 0. The van der Waals surface area contributed by atoms with Crippen LogP contribution in [0, 0.1) is 0 Å². The van der Waals surface area contributed by atoms with E-state index < -0.39 is 17.5 Å². The number of hydrogen-bond acceptors (Lipinski definition) is 4. The first-order chi connectivity index (χ1) is 5.09. The van der Waals surface area contributed by atoms with Crippen molar-refractivity contribution in [3.8, 4) is 0 Å². The van der Waals surface area contributed by atoms with Crippen LogP contribution in [-0.2, 0) is 14.4 Å². The van der Waals surface area contributed by atoms with Crippen LogP contribution in [0.1, 0.15) is 6.42 Å². The molecule has 0 unspecified atom stereocenters. The van der Waals surface area contributed by atoms with Crippen molar-refractivity contribution in [3.63, 3.8) is 0 Å². The summed E-state index contributed by atoms with van der Waals surface area (Å²) < 4.78 is 0. The van der Waals surface area contributed by atoms with Gasteiger partial charge >= 0.3 is 17.5 Å². The average molecular weight is 159 g/mol. The molecule has 6 heteroatoms. The van der Waals surface area contributed by atoms with Gasteiger partial charge in [-0.15, -0.1) is 0 Å². The van der Waals surface area contributed by atoms with Crippen molar-refractivity contribution in [2.75, 3.05) is 0 Å². The number of carbonyl (C=O) groups is 2. The predicted octanol–water partition coefficient (Wildman–Crippen LogP) is -0.700. The first-order valence-corrected chi connectivity index (χ1v) is 2.76. The Balaban J connectivity index is 2.90. The topological polar surface area (TPSA) is 96.2 Å². The van der Waals surface area contributed by atoms with Gasteiger partial charge < -0.3 is 15.1 Å². The Kier molecular flexibility index (Phi) is 1.52. The van der Waals surface area contributed by atoms with Crippen LogP contribution in [0.2, 0.25) is 0 Å². The number of carboxylic acid groups (broad SMARTS) is 2. The summed E-state index contributed by atoms with van der Waals surface area (Å²) in [5, 5.41) is 20.0. The van der Waals surface area contributed by atoms with E-state index in [-0.39, 0.29) is 6.42 Å². The van der Waals surface area contributed by atoms with E-state index in [1.807, 2.05) is 0 Å². The van der Waals surface area contributed by atoms with E-state index in [1.165, 1.54) is 0 Å². The lowest BCUT2D eigenvalue weighted by Crippen LogP contribution is -2.46. The molecule has 0 amide bonds. The molecule has 1 rings (SSSR count). The minimum Gasteiger partial charge on any atom is -0.478 e. The number of nitrogens with zero attached hydrogens (tertiary/aromatic N) is 1. The molecular weight excluding hydrogens is 154 g/mol. The molecule has 0 spiro atoms. The largest absolute Gasteiger partial charge is 0.478 e. The van der Waals surface area contributed by atoms with Gasteiger partial charge in [-0.3, -0.25) is 0 Å². The van der Waals surface area contributed by atoms with Crippen LogP contribution < -0.4 is 0 Å². The fourth-order valence-electron chi connectivity index (χ4n) is 0.675. The van der Waals surface area contributed by atoms with Crippen LogP contribution in [-0.4, -0.2) is 34.0 Å². The predicted molar refractivity (Wildman–Crippen MR) is 32.2 cm³/mol. The number of hydrogen-bond donors (Lipinski definition) is 2. The third kappa shape index (κ3) is 0.917. The van der Waals surface area contributed by atoms with Gasteiger partial charge in [0.25, 0.3) is 0 Å². The minimum absolute atomic E-state index is 0.238. The van der Waals surface area contributed by atoms with Crippen LogP contribution in [0.15, 0.2) is 5.16 Å². The average Bonchev–Trinajstić information content (AvgIpc) is 2.34. The molecule has 0 aromatic carbocycles. The van der Waals surface area contributed by atoms with Crippen molar-refractivity contribution in [2.24, 2.45) is 5.16 Å². The van der Waals surface area contributed by atoms with E-state index >= 15 is 0 Å². The lowest BCUT2D eigenvalue weighted by atomic mass is 10.0. The van der Waals surface area contributed by atoms with Crippen molar-refractivity contribution < 1.29 is 24.6 Å². The summed E-state index contributed by atoms with van der Waals surface area (Å²) in [5.74, 6) is -3.08. The third-order valence-corrected chi connectivity index (χ3v) is 1.35. The summed E-state index contributed by atoms with van der Waals surface area (Å²) in [6.45, 7) is 0. The molecule has 60 valence electrons. The molecule has 0 aliphatic carbocycles. The highest BCUT2D eigenvalue weighted by molar-refractivity contribution is 6.04. The molecule has 0 bridgehead atoms. The molecule has 0 saturated carbocycles. The van der Waals surface area contributed by atoms with Crippen LogP contribution in [0.25, 0.3) is 0 Å². The van der Waals surface area contributed by atoms with E-state index in [0.29, 0.717) is 0 Å². The lowest BCUT2D eigenvalue weighted by Gasteiger charge is -2.14. The Morgan fingerprint density at radius 2 is 2.00 bits per heavy atom. The number of aliphatic carboxylic acids is 2. The molecule has 11 heavy (non-hydrogen) atoms. The van der Waals surface area contributed by atoms with Crippen molar-refractivity contribution >= 4 is 18.2 Å². The standard InChI is InChI=1S/C5H5NO5/c7-3(8)5(4(9)10)1-2-6-11-5/h2H,1H2,(H,7,8)(H,9,10). The van der Waals surface area contributed by atoms with E-state index in [0.717, 1.165) is 6.21 Å². The summed E-state index contributed by atoms with van der Waals surface area (Å²) in [4.78, 5) is 25.0. The van der Waals surface area contributed by atoms with Gasteiger partial charge in [0.2, 0.25) is 0 Å². The highest BCUT2D eigenvalue weighted by Gasteiger charge is 2.52. The Labute approximate surface area is 61.1 Å². The van der Waals surface area contributed by atoms with Gasteiger partial charge in [-0.25, -0.2) is 9.59 Å². The molecule has 1 heterocycles. The lowest BCUT2D eigenvalue weighted by molar-refractivity contribution is -0.179. The smallest absolute Gasteiger partial charge is 0.363 e. The summed E-state index contributed by atoms with van der Waals surface area (Å²) in [6.07, 6.45) is 0.875. The zero-order chi connectivity index (χ0) is 8.48. The van der Waals surface area contributed by atoms with Crippen LogP contribution in [0.5, 0.6) is 0 Å². The number of rotatable bonds is 2. The molecule has 0 aromatic rings. The zero-order valence-electron chi connectivity index (χ0n) is 5.35. The fraction of sp³-hybridized carbons (Fsp3) is 0.400. The van der Waals surface area contributed by atoms with Crippen LogP contribution >= 0.6 is 0 Å². The van der Waals surface area contributed by atoms with Crippen molar-refractivity contribution in [1.29, 1.82) is 0 Å². The molecule has 0 atom stereocenters. The van der Waals surface area contributed by atoms with E-state index in [9.17, 15) is 9.59 Å². The molecule has 0 aromatic heterocycles. The van der Waals surface area contributed by atoms with E-state index in [4.69, 9.17) is 10.2 Å². The van der Waals surface area contributed by atoms with Crippen molar-refractivity contribution in [1.82, 2.24) is 0 Å². The molecule has 0 fully saturated rings. The Bertz CT molecular complexity index is 209. The van der Waals surface area contributed by atoms with Crippen LogP contribution in [0.3, 0.4) is 0 Å². The zero-order valence-corrected chi connectivity index (χ0v) is 5.35. The maximum atomic E-state index is 10.4. The normalized spacial score (nSPS) is 19.3. The van der Waals surface area contributed by atoms with Crippen molar-refractivity contribution in [3.05, 3.63) is 0 Å². The third-order valence-electron chi connectivity index (χ3n) is 1.35. The highest BCUT2D eigenvalue weighted by atomic mass is 16.7. The quantitative estimate of drug-likeness (QED) is 0.519. The van der Waals surface area contributed by atoms with E-state index in [1.54, 1.807) is 0 Å². The fourth-order valence-corrected chi connectivity index (χ4v) is 0.675. The Morgan fingerprint density at radius 3 is 2.18 bits per heavy atom. The first-order valence-electron chi connectivity index (χ1n) is 2.76. The van der Waals surface area contributed by atoms with Crippen molar-refractivity contribution in [2.45, 2.75) is 12.0 Å². The molecular formula is C5H5NO5. The molecule has 0 saturated heterocycles. The van der Waals surface area contributed by atoms with Crippen LogP contribution in [0.4, 0.5) is 0 Å². The maximum Gasteiger partial charge on any atom is 0.363 e. The first kappa shape index (κ1) is 7.52. The van der Waals surface area contributed by atoms with Gasteiger partial charge in [0.1, 0.15) is 0 Å². The number of oxime groups is 1.